The van der Waals surface area contributed by atoms with E-state index >= 15 is 0 Å². The maximum Gasteiger partial charge on any atom is 0.222 e. The second kappa shape index (κ2) is 6.53. The average molecular weight is 280 g/mol. The molecule has 4 heteroatoms. The number of nitrogens with zero attached hydrogens (tertiary/aromatic N) is 1. The summed E-state index contributed by atoms with van der Waals surface area (Å²) < 4.78 is 0. The molecule has 1 aromatic rings. The third-order valence-corrected chi connectivity index (χ3v) is 4.80. The summed E-state index contributed by atoms with van der Waals surface area (Å²) in [6.45, 7) is 5.94. The van der Waals surface area contributed by atoms with E-state index in [1.54, 1.807) is 0 Å². The smallest absolute Gasteiger partial charge is 0.222 e. The molecule has 0 bridgehead atoms. The van der Waals surface area contributed by atoms with Gasteiger partial charge in [-0.05, 0) is 51.2 Å². The minimum atomic E-state index is 0.180. The number of likely N-dealkylation sites (tertiary alicyclic amines) is 1. The van der Waals surface area contributed by atoms with Crippen LogP contribution in [0.2, 0.25) is 0 Å². The van der Waals surface area contributed by atoms with Crippen molar-refractivity contribution in [1.82, 2.24) is 4.90 Å². The number of rotatable bonds is 4. The van der Waals surface area contributed by atoms with E-state index in [-0.39, 0.29) is 11.9 Å². The molecule has 0 aliphatic carbocycles. The van der Waals surface area contributed by atoms with Crippen molar-refractivity contribution in [2.75, 3.05) is 13.1 Å². The summed E-state index contributed by atoms with van der Waals surface area (Å²) in [5, 5.41) is 0. The topological polar surface area (TPSA) is 46.3 Å². The molecule has 1 aliphatic rings. The van der Waals surface area contributed by atoms with Gasteiger partial charge in [-0.25, -0.2) is 0 Å². The highest BCUT2D eigenvalue weighted by atomic mass is 32.1. The highest BCUT2D eigenvalue weighted by molar-refractivity contribution is 7.12. The lowest BCUT2D eigenvalue weighted by atomic mass is 10.0. The molecular formula is C15H24N2OS. The van der Waals surface area contributed by atoms with Crippen LogP contribution in [-0.4, -0.2) is 29.9 Å². The number of thiophene rings is 1. The highest BCUT2D eigenvalue weighted by Gasteiger charge is 2.20. The summed E-state index contributed by atoms with van der Waals surface area (Å²) in [5.41, 5.74) is 7.32. The fourth-order valence-electron chi connectivity index (χ4n) is 2.76. The van der Waals surface area contributed by atoms with Crippen LogP contribution in [0.3, 0.4) is 0 Å². The normalized spacial score (nSPS) is 19.7. The maximum absolute atomic E-state index is 12.1. The SMILES string of the molecule is Cc1cc(CCCC(=O)N2CCC[C@@H](N)C2)c(C)s1. The summed E-state index contributed by atoms with van der Waals surface area (Å²) in [5.74, 6) is 0.278. The quantitative estimate of drug-likeness (QED) is 0.921. The van der Waals surface area contributed by atoms with E-state index in [0.29, 0.717) is 6.42 Å². The Balaban J connectivity index is 1.76. The van der Waals surface area contributed by atoms with E-state index in [1.807, 2.05) is 16.2 Å². The van der Waals surface area contributed by atoms with E-state index in [2.05, 4.69) is 19.9 Å². The van der Waals surface area contributed by atoms with Crippen molar-refractivity contribution >= 4 is 17.2 Å². The molecule has 2 rings (SSSR count). The number of hydrogen-bond acceptors (Lipinski definition) is 3. The van der Waals surface area contributed by atoms with E-state index in [9.17, 15) is 4.79 Å². The molecule has 2 heterocycles. The standard InChI is InChI=1S/C15H24N2OS/c1-11-9-13(12(2)19-11)5-3-7-15(18)17-8-4-6-14(16)10-17/h9,14H,3-8,10,16H2,1-2H3/t14-/m1/s1. The number of aryl methyl sites for hydroxylation is 3. The number of carbonyl (C=O) groups is 1. The molecule has 1 atom stereocenters. The number of nitrogens with two attached hydrogens (primary N) is 1. The van der Waals surface area contributed by atoms with Crippen LogP contribution in [0.4, 0.5) is 0 Å². The second-order valence-electron chi connectivity index (χ2n) is 5.53. The Kier molecular flexibility index (Phi) is 4.99. The van der Waals surface area contributed by atoms with Gasteiger partial charge in [0.1, 0.15) is 0 Å². The number of amides is 1. The van der Waals surface area contributed by atoms with Gasteiger partial charge in [0.05, 0.1) is 0 Å². The van der Waals surface area contributed by atoms with E-state index < -0.39 is 0 Å². The summed E-state index contributed by atoms with van der Waals surface area (Å²) in [7, 11) is 0. The Morgan fingerprint density at radius 1 is 1.53 bits per heavy atom. The van der Waals surface area contributed by atoms with Gasteiger partial charge in [0.25, 0.3) is 0 Å². The van der Waals surface area contributed by atoms with E-state index in [0.717, 1.165) is 38.8 Å². The van der Waals surface area contributed by atoms with Crippen LogP contribution in [0.25, 0.3) is 0 Å². The number of piperidine rings is 1. The van der Waals surface area contributed by atoms with Crippen LogP contribution in [0.5, 0.6) is 0 Å². The predicted molar refractivity (Wildman–Crippen MR) is 80.5 cm³/mol. The summed E-state index contributed by atoms with van der Waals surface area (Å²) in [4.78, 5) is 16.8. The fraction of sp³-hybridized carbons (Fsp3) is 0.667. The van der Waals surface area contributed by atoms with E-state index in [4.69, 9.17) is 5.73 Å². The van der Waals surface area contributed by atoms with Gasteiger partial charge in [-0.15, -0.1) is 11.3 Å². The van der Waals surface area contributed by atoms with Gasteiger partial charge >= 0.3 is 0 Å². The first-order valence-corrected chi connectivity index (χ1v) is 7.97. The monoisotopic (exact) mass is 280 g/mol. The summed E-state index contributed by atoms with van der Waals surface area (Å²) in [6, 6.07) is 2.43. The minimum Gasteiger partial charge on any atom is -0.341 e. The zero-order valence-corrected chi connectivity index (χ0v) is 12.8. The molecule has 1 amide bonds. The Bertz CT molecular complexity index is 441. The van der Waals surface area contributed by atoms with E-state index in [1.165, 1.54) is 15.3 Å². The van der Waals surface area contributed by atoms with Gasteiger partial charge in [0.2, 0.25) is 5.91 Å². The van der Waals surface area contributed by atoms with Crippen molar-refractivity contribution in [3.63, 3.8) is 0 Å². The van der Waals surface area contributed by atoms with Gasteiger partial charge in [-0.2, -0.15) is 0 Å². The molecule has 0 aromatic carbocycles. The van der Waals surface area contributed by atoms with Crippen LogP contribution in [0.1, 0.15) is 41.0 Å². The lowest BCUT2D eigenvalue weighted by Crippen LogP contribution is -2.45. The lowest BCUT2D eigenvalue weighted by molar-refractivity contribution is -0.132. The first kappa shape index (κ1) is 14.5. The molecule has 0 spiro atoms. The first-order chi connectivity index (χ1) is 9.06. The molecule has 106 valence electrons. The van der Waals surface area contributed by atoms with Gasteiger partial charge < -0.3 is 10.6 Å². The van der Waals surface area contributed by atoms with Crippen molar-refractivity contribution < 1.29 is 4.79 Å². The van der Waals surface area contributed by atoms with Crippen molar-refractivity contribution in [2.24, 2.45) is 5.73 Å². The second-order valence-corrected chi connectivity index (χ2v) is 6.99. The molecule has 2 N–H and O–H groups in total. The first-order valence-electron chi connectivity index (χ1n) is 7.15. The zero-order valence-electron chi connectivity index (χ0n) is 11.9. The number of carbonyl (C=O) groups excluding carboxylic acids is 1. The molecule has 0 saturated carbocycles. The summed E-state index contributed by atoms with van der Waals surface area (Å²) in [6.07, 6.45) is 4.72. The molecule has 19 heavy (non-hydrogen) atoms. The third-order valence-electron chi connectivity index (χ3n) is 3.79. The largest absolute Gasteiger partial charge is 0.341 e. The summed E-state index contributed by atoms with van der Waals surface area (Å²) >= 11 is 1.84. The van der Waals surface area contributed by atoms with Crippen molar-refractivity contribution in [2.45, 2.75) is 52.0 Å². The molecule has 3 nitrogen and oxygen atoms in total. The number of hydrogen-bond donors (Lipinski definition) is 1. The fourth-order valence-corrected chi connectivity index (χ4v) is 3.73. The van der Waals surface area contributed by atoms with Crippen molar-refractivity contribution in [3.8, 4) is 0 Å². The Labute approximate surface area is 119 Å². The lowest BCUT2D eigenvalue weighted by Gasteiger charge is -2.30. The molecule has 0 radical (unpaired) electrons. The zero-order chi connectivity index (χ0) is 13.8. The molecule has 1 fully saturated rings. The Hall–Kier alpha value is -0.870. The van der Waals surface area contributed by atoms with Crippen LogP contribution < -0.4 is 5.73 Å². The molecule has 0 unspecified atom stereocenters. The molecular weight excluding hydrogens is 256 g/mol. The molecule has 1 aromatic heterocycles. The van der Waals surface area contributed by atoms with Gasteiger partial charge in [-0.3, -0.25) is 4.79 Å². The van der Waals surface area contributed by atoms with Crippen LogP contribution in [0.15, 0.2) is 6.07 Å². The van der Waals surface area contributed by atoms with Crippen molar-refractivity contribution in [3.05, 3.63) is 21.4 Å². The van der Waals surface area contributed by atoms with Gasteiger partial charge in [0.15, 0.2) is 0 Å². The third kappa shape index (κ3) is 4.05. The maximum atomic E-state index is 12.1. The van der Waals surface area contributed by atoms with Crippen LogP contribution >= 0.6 is 11.3 Å². The van der Waals surface area contributed by atoms with Crippen molar-refractivity contribution in [1.29, 1.82) is 0 Å². The van der Waals surface area contributed by atoms with Gasteiger partial charge in [-0.1, -0.05) is 0 Å². The Morgan fingerprint density at radius 3 is 2.95 bits per heavy atom. The predicted octanol–water partition coefficient (Wildman–Crippen LogP) is 2.64. The van der Waals surface area contributed by atoms with Crippen LogP contribution in [-0.2, 0) is 11.2 Å². The highest BCUT2D eigenvalue weighted by Crippen LogP contribution is 2.22. The average Bonchev–Trinajstić information content (AvgIpc) is 2.68. The van der Waals surface area contributed by atoms with Crippen LogP contribution in [0, 0.1) is 13.8 Å². The molecule has 1 saturated heterocycles. The minimum absolute atomic E-state index is 0.180. The Morgan fingerprint density at radius 2 is 2.32 bits per heavy atom. The van der Waals surface area contributed by atoms with Gasteiger partial charge in [0, 0.05) is 35.3 Å². The molecule has 1 aliphatic heterocycles.